The molecule has 4 nitrogen and oxygen atoms in total. The monoisotopic (exact) mass is 258 g/mol. The minimum Gasteiger partial charge on any atom is -0.497 e. The molecular formula is C15H18N2O2. The molecule has 0 N–H and O–H groups in total. The fourth-order valence-electron chi connectivity index (χ4n) is 2.32. The number of methoxy groups -OCH3 is 1. The zero-order valence-electron chi connectivity index (χ0n) is 11.1. The third kappa shape index (κ3) is 3.47. The van der Waals surface area contributed by atoms with Crippen molar-refractivity contribution in [3.63, 3.8) is 0 Å². The lowest BCUT2D eigenvalue weighted by molar-refractivity contribution is -0.134. The first-order valence-electron chi connectivity index (χ1n) is 6.53. The Morgan fingerprint density at radius 2 is 2.37 bits per heavy atom. The van der Waals surface area contributed by atoms with Crippen molar-refractivity contribution in [3.8, 4) is 11.8 Å². The fraction of sp³-hybridized carbons (Fsp3) is 0.467. The van der Waals surface area contributed by atoms with Crippen LogP contribution in [0.15, 0.2) is 24.3 Å². The predicted molar refractivity (Wildman–Crippen MR) is 71.6 cm³/mol. The second-order valence-electron chi connectivity index (χ2n) is 4.80. The van der Waals surface area contributed by atoms with Gasteiger partial charge < -0.3 is 9.64 Å². The second kappa shape index (κ2) is 6.24. The Morgan fingerprint density at radius 1 is 1.53 bits per heavy atom. The first-order chi connectivity index (χ1) is 9.22. The van der Waals surface area contributed by atoms with E-state index in [0.29, 0.717) is 19.5 Å². The number of piperidine rings is 1. The van der Waals surface area contributed by atoms with Gasteiger partial charge in [-0.05, 0) is 30.5 Å². The maximum Gasteiger partial charge on any atom is 0.223 e. The number of carbonyl (C=O) groups is 1. The molecule has 0 radical (unpaired) electrons. The van der Waals surface area contributed by atoms with Crippen LogP contribution in [0.4, 0.5) is 0 Å². The normalized spacial score (nSPS) is 19.1. The third-order valence-electron chi connectivity index (χ3n) is 3.51. The summed E-state index contributed by atoms with van der Waals surface area (Å²) in [5.41, 5.74) is 1.16. The second-order valence-corrected chi connectivity index (χ2v) is 4.80. The van der Waals surface area contributed by atoms with E-state index in [-0.39, 0.29) is 11.8 Å². The van der Waals surface area contributed by atoms with E-state index in [4.69, 9.17) is 10.00 Å². The number of amides is 1. The highest BCUT2D eigenvalue weighted by molar-refractivity contribution is 5.77. The van der Waals surface area contributed by atoms with E-state index in [0.717, 1.165) is 24.2 Å². The molecule has 100 valence electrons. The number of nitriles is 1. The Kier molecular flexibility index (Phi) is 4.40. The quantitative estimate of drug-likeness (QED) is 0.830. The van der Waals surface area contributed by atoms with Gasteiger partial charge in [0.05, 0.1) is 19.1 Å². The van der Waals surface area contributed by atoms with Gasteiger partial charge in [0.15, 0.2) is 0 Å². The van der Waals surface area contributed by atoms with Crippen molar-refractivity contribution in [2.45, 2.75) is 19.3 Å². The maximum absolute atomic E-state index is 11.9. The average Bonchev–Trinajstić information content (AvgIpc) is 2.46. The van der Waals surface area contributed by atoms with Crippen LogP contribution in [0.1, 0.15) is 18.4 Å². The molecule has 1 heterocycles. The lowest BCUT2D eigenvalue weighted by atomic mass is 9.97. The topological polar surface area (TPSA) is 53.3 Å². The van der Waals surface area contributed by atoms with Crippen LogP contribution in [0.5, 0.6) is 5.75 Å². The van der Waals surface area contributed by atoms with Gasteiger partial charge in [0.25, 0.3) is 0 Å². The molecule has 0 spiro atoms. The first kappa shape index (κ1) is 13.4. The molecule has 19 heavy (non-hydrogen) atoms. The molecule has 1 aliphatic rings. The van der Waals surface area contributed by atoms with Gasteiger partial charge >= 0.3 is 0 Å². The molecule has 0 bridgehead atoms. The van der Waals surface area contributed by atoms with Crippen molar-refractivity contribution in [2.24, 2.45) is 5.92 Å². The molecule has 2 rings (SSSR count). The number of hydrogen-bond donors (Lipinski definition) is 0. The molecule has 1 unspecified atom stereocenters. The van der Waals surface area contributed by atoms with Crippen molar-refractivity contribution >= 4 is 5.91 Å². The minimum atomic E-state index is -0.0967. The number of hydrogen-bond acceptors (Lipinski definition) is 3. The van der Waals surface area contributed by atoms with Gasteiger partial charge in [0, 0.05) is 19.5 Å². The van der Waals surface area contributed by atoms with Gasteiger partial charge in [-0.3, -0.25) is 4.79 Å². The van der Waals surface area contributed by atoms with Gasteiger partial charge in [-0.25, -0.2) is 0 Å². The number of ether oxygens (including phenoxy) is 1. The number of rotatable bonds is 4. The number of nitrogens with zero attached hydrogens (tertiary/aromatic N) is 2. The van der Waals surface area contributed by atoms with Crippen molar-refractivity contribution in [2.75, 3.05) is 20.2 Å². The van der Waals surface area contributed by atoms with Gasteiger partial charge in [-0.2, -0.15) is 5.26 Å². The van der Waals surface area contributed by atoms with E-state index in [2.05, 4.69) is 6.07 Å². The molecular weight excluding hydrogens is 240 g/mol. The van der Waals surface area contributed by atoms with E-state index in [1.54, 1.807) is 7.11 Å². The molecule has 0 saturated carbocycles. The summed E-state index contributed by atoms with van der Waals surface area (Å²) in [5, 5.41) is 8.83. The predicted octanol–water partition coefficient (Wildman–Crippen LogP) is 2.00. The molecule has 1 amide bonds. The van der Waals surface area contributed by atoms with Crippen LogP contribution in [0.25, 0.3) is 0 Å². The Labute approximate surface area is 113 Å². The van der Waals surface area contributed by atoms with Crippen LogP contribution in [0, 0.1) is 17.2 Å². The minimum absolute atomic E-state index is 0.0967. The maximum atomic E-state index is 11.9. The molecule has 1 saturated heterocycles. The largest absolute Gasteiger partial charge is 0.497 e. The zero-order chi connectivity index (χ0) is 13.7. The van der Waals surface area contributed by atoms with Crippen LogP contribution in [-0.4, -0.2) is 31.0 Å². The SMILES string of the molecule is COc1cccc(CCN2CCC(C#N)CC2=O)c1. The summed E-state index contributed by atoms with van der Waals surface area (Å²) in [5.74, 6) is 0.841. The van der Waals surface area contributed by atoms with Crippen molar-refractivity contribution in [1.29, 1.82) is 5.26 Å². The van der Waals surface area contributed by atoms with E-state index < -0.39 is 0 Å². The first-order valence-corrected chi connectivity index (χ1v) is 6.53. The zero-order valence-corrected chi connectivity index (χ0v) is 11.1. The Balaban J connectivity index is 1.89. The van der Waals surface area contributed by atoms with Crippen molar-refractivity contribution in [1.82, 2.24) is 4.90 Å². The highest BCUT2D eigenvalue weighted by atomic mass is 16.5. The third-order valence-corrected chi connectivity index (χ3v) is 3.51. The van der Waals surface area contributed by atoms with E-state index in [9.17, 15) is 4.79 Å². The number of benzene rings is 1. The highest BCUT2D eigenvalue weighted by Gasteiger charge is 2.25. The van der Waals surface area contributed by atoms with E-state index in [1.807, 2.05) is 29.2 Å². The summed E-state index contributed by atoms with van der Waals surface area (Å²) in [6.45, 7) is 1.41. The number of likely N-dealkylation sites (tertiary alicyclic amines) is 1. The van der Waals surface area contributed by atoms with Gasteiger partial charge in [0.1, 0.15) is 5.75 Å². The van der Waals surface area contributed by atoms with E-state index in [1.165, 1.54) is 0 Å². The van der Waals surface area contributed by atoms with Crippen LogP contribution < -0.4 is 4.74 Å². The van der Waals surface area contributed by atoms with Crippen molar-refractivity contribution in [3.05, 3.63) is 29.8 Å². The molecule has 0 aliphatic carbocycles. The summed E-state index contributed by atoms with van der Waals surface area (Å²) in [4.78, 5) is 13.7. The van der Waals surface area contributed by atoms with Gasteiger partial charge in [0.2, 0.25) is 5.91 Å². The van der Waals surface area contributed by atoms with Crippen LogP contribution in [0.3, 0.4) is 0 Å². The molecule has 4 heteroatoms. The average molecular weight is 258 g/mol. The van der Waals surface area contributed by atoms with Crippen LogP contribution in [-0.2, 0) is 11.2 Å². The highest BCUT2D eigenvalue weighted by Crippen LogP contribution is 2.18. The summed E-state index contributed by atoms with van der Waals surface area (Å²) in [7, 11) is 1.65. The van der Waals surface area contributed by atoms with Crippen LogP contribution in [0.2, 0.25) is 0 Å². The lowest BCUT2D eigenvalue weighted by Gasteiger charge is -2.29. The Hall–Kier alpha value is -2.02. The van der Waals surface area contributed by atoms with Crippen molar-refractivity contribution < 1.29 is 9.53 Å². The Morgan fingerprint density at radius 3 is 3.05 bits per heavy atom. The Bertz CT molecular complexity index is 493. The number of carbonyl (C=O) groups excluding carboxylic acids is 1. The molecule has 1 atom stereocenters. The van der Waals surface area contributed by atoms with Gasteiger partial charge in [-0.1, -0.05) is 12.1 Å². The fourth-order valence-corrected chi connectivity index (χ4v) is 2.32. The smallest absolute Gasteiger partial charge is 0.223 e. The van der Waals surface area contributed by atoms with Gasteiger partial charge in [-0.15, -0.1) is 0 Å². The molecule has 1 aromatic rings. The standard InChI is InChI=1S/C15H18N2O2/c1-19-14-4-2-3-12(9-14)5-7-17-8-6-13(11-16)10-15(17)18/h2-4,9,13H,5-8,10H2,1H3. The van der Waals surface area contributed by atoms with E-state index >= 15 is 0 Å². The molecule has 1 fully saturated rings. The van der Waals surface area contributed by atoms with Crippen LogP contribution >= 0.6 is 0 Å². The molecule has 1 aromatic carbocycles. The summed E-state index contributed by atoms with van der Waals surface area (Å²) in [6.07, 6.45) is 1.98. The molecule has 0 aromatic heterocycles. The summed E-state index contributed by atoms with van der Waals surface area (Å²) in [6, 6.07) is 10.1. The lowest BCUT2D eigenvalue weighted by Crippen LogP contribution is -2.39. The summed E-state index contributed by atoms with van der Waals surface area (Å²) >= 11 is 0. The molecule has 1 aliphatic heterocycles. The summed E-state index contributed by atoms with van der Waals surface area (Å²) < 4.78 is 5.18.